The second-order valence-electron chi connectivity index (χ2n) is 6.26. The zero-order valence-electron chi connectivity index (χ0n) is 15.8. The van der Waals surface area contributed by atoms with Crippen molar-refractivity contribution >= 4 is 8.25 Å². The number of hydrogen-bond donors (Lipinski definition) is 0. The first-order valence-electron chi connectivity index (χ1n) is 9.61. The molecule has 3 nitrogen and oxygen atoms in total. The molecule has 0 aliphatic carbocycles. The molecular weight excluding hydrogens is 343 g/mol. The first kappa shape index (κ1) is 22.5. The van der Waals surface area contributed by atoms with Crippen LogP contribution in [0, 0.1) is 0 Å². The number of unbranched alkanes of at least 4 members (excludes halogenated alkanes) is 7. The van der Waals surface area contributed by atoms with Crippen molar-refractivity contribution in [3.8, 4) is 11.1 Å². The molecule has 0 aliphatic rings. The summed E-state index contributed by atoms with van der Waals surface area (Å²) in [5, 5.41) is 0. The van der Waals surface area contributed by atoms with Gasteiger partial charge in [0.25, 0.3) is 0 Å². The molecule has 0 fully saturated rings. The van der Waals surface area contributed by atoms with E-state index in [-0.39, 0.29) is 0 Å². The van der Waals surface area contributed by atoms with Gasteiger partial charge in [-0.1, -0.05) is 113 Å². The van der Waals surface area contributed by atoms with Gasteiger partial charge in [-0.3, -0.25) is 0 Å². The van der Waals surface area contributed by atoms with Crippen LogP contribution in [-0.2, 0) is 9.09 Å². The van der Waals surface area contributed by atoms with Crippen molar-refractivity contribution in [3.63, 3.8) is 0 Å². The van der Waals surface area contributed by atoms with Gasteiger partial charge in [-0.05, 0) is 22.1 Å². The summed E-state index contributed by atoms with van der Waals surface area (Å²) in [4.78, 5) is 10.0. The molecule has 0 heterocycles. The van der Waals surface area contributed by atoms with Crippen molar-refractivity contribution in [2.45, 2.75) is 58.3 Å². The Morgan fingerprint density at radius 1 is 0.731 bits per heavy atom. The van der Waals surface area contributed by atoms with Crippen LogP contribution >= 0.6 is 8.25 Å². The van der Waals surface area contributed by atoms with Crippen LogP contribution in [0.3, 0.4) is 0 Å². The van der Waals surface area contributed by atoms with Crippen LogP contribution in [0.2, 0.25) is 0 Å². The Kier molecular flexibility index (Phi) is 13.6. The summed E-state index contributed by atoms with van der Waals surface area (Å²) in [5.41, 5.74) is 2.55. The molecular formula is C22H31O3P. The van der Waals surface area contributed by atoms with Gasteiger partial charge in [0.15, 0.2) is 0 Å². The molecule has 0 aromatic heterocycles. The normalized spacial score (nSPS) is 10.8. The highest BCUT2D eigenvalue weighted by Gasteiger charge is 1.99. The largest absolute Gasteiger partial charge is 0.566 e. The summed E-state index contributed by atoms with van der Waals surface area (Å²) < 4.78 is 14.5. The van der Waals surface area contributed by atoms with E-state index in [1.54, 1.807) is 0 Å². The van der Waals surface area contributed by atoms with Crippen LogP contribution in [0.1, 0.15) is 58.3 Å². The third kappa shape index (κ3) is 11.9. The van der Waals surface area contributed by atoms with Crippen molar-refractivity contribution in [3.05, 3.63) is 60.7 Å². The van der Waals surface area contributed by atoms with Crippen LogP contribution in [0.5, 0.6) is 0 Å². The maximum Gasteiger partial charge on any atom is 0.488 e. The molecule has 142 valence electrons. The number of hydrogen-bond acceptors (Lipinski definition) is 3. The second kappa shape index (κ2) is 15.7. The SMILES string of the molecule is CCCCCCCCCCO[P+](=O)[O-].c1ccc(-c2ccccc2)cc1. The topological polar surface area (TPSA) is 49.4 Å². The average Bonchev–Trinajstić information content (AvgIpc) is 2.68. The molecule has 0 radical (unpaired) electrons. The van der Waals surface area contributed by atoms with Gasteiger partial charge < -0.3 is 4.89 Å². The maximum absolute atomic E-state index is 10.0. The highest BCUT2D eigenvalue weighted by atomic mass is 31.1. The molecule has 0 saturated heterocycles. The highest BCUT2D eigenvalue weighted by molar-refractivity contribution is 7.30. The summed E-state index contributed by atoms with van der Waals surface area (Å²) in [5.74, 6) is 0. The van der Waals surface area contributed by atoms with Crippen molar-refractivity contribution in [2.75, 3.05) is 6.61 Å². The van der Waals surface area contributed by atoms with Gasteiger partial charge in [-0.2, -0.15) is 0 Å². The summed E-state index contributed by atoms with van der Waals surface area (Å²) in [6.45, 7) is 2.56. The van der Waals surface area contributed by atoms with E-state index in [1.807, 2.05) is 12.1 Å². The van der Waals surface area contributed by atoms with E-state index >= 15 is 0 Å². The highest BCUT2D eigenvalue weighted by Crippen LogP contribution is 2.17. The van der Waals surface area contributed by atoms with Crippen LogP contribution in [0.15, 0.2) is 60.7 Å². The predicted molar refractivity (Wildman–Crippen MR) is 108 cm³/mol. The smallest absolute Gasteiger partial charge is 0.488 e. The molecule has 2 rings (SSSR count). The quantitative estimate of drug-likeness (QED) is 0.332. The second-order valence-corrected chi connectivity index (χ2v) is 6.97. The summed E-state index contributed by atoms with van der Waals surface area (Å²) in [7, 11) is -2.63. The Morgan fingerprint density at radius 3 is 1.58 bits per heavy atom. The molecule has 1 unspecified atom stereocenters. The Morgan fingerprint density at radius 2 is 1.15 bits per heavy atom. The van der Waals surface area contributed by atoms with Gasteiger partial charge in [0.2, 0.25) is 0 Å². The Hall–Kier alpha value is -1.54. The molecule has 4 heteroatoms. The molecule has 2 aromatic carbocycles. The molecule has 0 N–H and O–H groups in total. The zero-order chi connectivity index (χ0) is 18.9. The molecule has 0 saturated carbocycles. The molecule has 0 amide bonds. The standard InChI is InChI=1S/C12H10.C10H21O3P/c1-3-7-11(8-4-1)12-9-5-2-6-10-12;1-2-3-4-5-6-7-8-9-10-13-14(11)12/h1-10H;2-10H2,1H3. The van der Waals surface area contributed by atoms with E-state index in [9.17, 15) is 9.46 Å². The maximum atomic E-state index is 10.0. The van der Waals surface area contributed by atoms with Crippen molar-refractivity contribution in [2.24, 2.45) is 0 Å². The fourth-order valence-electron chi connectivity index (χ4n) is 2.64. The van der Waals surface area contributed by atoms with E-state index in [0.29, 0.717) is 6.61 Å². The number of rotatable bonds is 11. The van der Waals surface area contributed by atoms with E-state index in [1.165, 1.54) is 49.7 Å². The minimum atomic E-state index is -2.63. The van der Waals surface area contributed by atoms with Crippen molar-refractivity contribution in [1.29, 1.82) is 0 Å². The van der Waals surface area contributed by atoms with E-state index in [2.05, 4.69) is 60.0 Å². The van der Waals surface area contributed by atoms with Gasteiger partial charge in [0.1, 0.15) is 6.61 Å². The third-order valence-electron chi connectivity index (χ3n) is 4.08. The molecule has 1 atom stereocenters. The molecule has 0 spiro atoms. The lowest BCUT2D eigenvalue weighted by Gasteiger charge is -1.99. The van der Waals surface area contributed by atoms with E-state index < -0.39 is 8.25 Å². The fourth-order valence-corrected chi connectivity index (χ4v) is 2.91. The fraction of sp³-hybridized carbons (Fsp3) is 0.455. The summed E-state index contributed by atoms with van der Waals surface area (Å²) >= 11 is 0. The van der Waals surface area contributed by atoms with Crippen LogP contribution in [0.25, 0.3) is 11.1 Å². The van der Waals surface area contributed by atoms with Gasteiger partial charge >= 0.3 is 8.25 Å². The first-order chi connectivity index (χ1) is 12.7. The zero-order valence-corrected chi connectivity index (χ0v) is 16.7. The summed E-state index contributed by atoms with van der Waals surface area (Å²) in [6.07, 6.45) is 9.66. The van der Waals surface area contributed by atoms with Crippen molar-refractivity contribution < 1.29 is 14.0 Å². The Labute approximate surface area is 159 Å². The molecule has 0 aliphatic heterocycles. The Balaban J connectivity index is 0.000000262. The lowest BCUT2D eigenvalue weighted by molar-refractivity contribution is -0.185. The van der Waals surface area contributed by atoms with E-state index in [0.717, 1.165) is 12.8 Å². The lowest BCUT2D eigenvalue weighted by Crippen LogP contribution is -1.93. The minimum absolute atomic E-state index is 0.355. The number of benzene rings is 2. The first-order valence-corrected chi connectivity index (χ1v) is 10.7. The molecule has 0 bridgehead atoms. The summed E-state index contributed by atoms with van der Waals surface area (Å²) in [6, 6.07) is 20.8. The Bertz CT molecular complexity index is 535. The van der Waals surface area contributed by atoms with Gasteiger partial charge in [0, 0.05) is 0 Å². The van der Waals surface area contributed by atoms with Gasteiger partial charge in [0.05, 0.1) is 0 Å². The lowest BCUT2D eigenvalue weighted by atomic mass is 10.1. The average molecular weight is 374 g/mol. The third-order valence-corrected chi connectivity index (χ3v) is 4.47. The molecule has 26 heavy (non-hydrogen) atoms. The van der Waals surface area contributed by atoms with Gasteiger partial charge in [-0.25, -0.2) is 0 Å². The monoisotopic (exact) mass is 374 g/mol. The van der Waals surface area contributed by atoms with Crippen LogP contribution in [0.4, 0.5) is 0 Å². The van der Waals surface area contributed by atoms with Gasteiger partial charge in [-0.15, -0.1) is 4.52 Å². The predicted octanol–water partition coefficient (Wildman–Crippen LogP) is 6.52. The van der Waals surface area contributed by atoms with E-state index in [4.69, 9.17) is 0 Å². The van der Waals surface area contributed by atoms with Crippen LogP contribution < -0.4 is 4.89 Å². The van der Waals surface area contributed by atoms with Crippen molar-refractivity contribution in [1.82, 2.24) is 0 Å². The molecule has 2 aromatic rings. The minimum Gasteiger partial charge on any atom is -0.566 e. The van der Waals surface area contributed by atoms with Crippen LogP contribution in [-0.4, -0.2) is 6.61 Å².